The van der Waals surface area contributed by atoms with E-state index < -0.39 is 5.97 Å². The molecule has 4 nitrogen and oxygen atoms in total. The van der Waals surface area contributed by atoms with Crippen molar-refractivity contribution in [1.82, 2.24) is 10.2 Å². The highest BCUT2D eigenvalue weighted by molar-refractivity contribution is 5.62. The van der Waals surface area contributed by atoms with Crippen LogP contribution in [0, 0.1) is 0 Å². The molecule has 0 aliphatic carbocycles. The summed E-state index contributed by atoms with van der Waals surface area (Å²) in [5.41, 5.74) is 1.44. The SMILES string of the molecule is CC(=O)O.c1ccc(CN2CC3CC2CN3)cc1. The quantitative estimate of drug-likeness (QED) is 0.829. The molecule has 2 unspecified atom stereocenters. The minimum absolute atomic E-state index is 0.767. The smallest absolute Gasteiger partial charge is 0.300 e. The Morgan fingerprint density at radius 3 is 2.61 bits per heavy atom. The number of benzene rings is 1. The highest BCUT2D eigenvalue weighted by Gasteiger charge is 2.36. The zero-order chi connectivity index (χ0) is 13.0. The lowest BCUT2D eigenvalue weighted by Crippen LogP contribution is -2.42. The molecule has 0 saturated carbocycles. The molecular formula is C14H20N2O2. The first-order valence-corrected chi connectivity index (χ1v) is 6.36. The van der Waals surface area contributed by atoms with Crippen LogP contribution in [0.4, 0.5) is 0 Å². The van der Waals surface area contributed by atoms with E-state index in [2.05, 4.69) is 40.5 Å². The Labute approximate surface area is 108 Å². The summed E-state index contributed by atoms with van der Waals surface area (Å²) in [6.07, 6.45) is 1.35. The van der Waals surface area contributed by atoms with Crippen LogP contribution in [0.3, 0.4) is 0 Å². The van der Waals surface area contributed by atoms with Crippen molar-refractivity contribution in [2.45, 2.75) is 32.0 Å². The van der Waals surface area contributed by atoms with E-state index in [-0.39, 0.29) is 0 Å². The molecule has 2 atom stereocenters. The molecule has 0 spiro atoms. The fraction of sp³-hybridized carbons (Fsp3) is 0.500. The van der Waals surface area contributed by atoms with E-state index in [1.807, 2.05) is 0 Å². The van der Waals surface area contributed by atoms with Crippen LogP contribution in [0.2, 0.25) is 0 Å². The molecule has 2 aliphatic rings. The first kappa shape index (κ1) is 13.1. The molecule has 4 heteroatoms. The molecule has 2 N–H and O–H groups in total. The highest BCUT2D eigenvalue weighted by atomic mass is 16.4. The Balaban J connectivity index is 0.000000267. The van der Waals surface area contributed by atoms with Crippen LogP contribution in [0.5, 0.6) is 0 Å². The lowest BCUT2D eigenvalue weighted by molar-refractivity contribution is -0.134. The van der Waals surface area contributed by atoms with E-state index in [1.54, 1.807) is 0 Å². The van der Waals surface area contributed by atoms with Gasteiger partial charge >= 0.3 is 0 Å². The zero-order valence-electron chi connectivity index (χ0n) is 10.7. The van der Waals surface area contributed by atoms with Gasteiger partial charge in [-0.2, -0.15) is 0 Å². The molecule has 3 rings (SSSR count). The number of carboxylic acid groups (broad SMARTS) is 1. The number of rotatable bonds is 2. The predicted octanol–water partition coefficient (Wildman–Crippen LogP) is 1.32. The number of piperazine rings is 1. The molecular weight excluding hydrogens is 228 g/mol. The van der Waals surface area contributed by atoms with E-state index in [0.717, 1.165) is 25.6 Å². The van der Waals surface area contributed by atoms with Crippen molar-refractivity contribution in [3.8, 4) is 0 Å². The molecule has 98 valence electrons. The van der Waals surface area contributed by atoms with Crippen molar-refractivity contribution in [1.29, 1.82) is 0 Å². The van der Waals surface area contributed by atoms with Crippen molar-refractivity contribution in [3.63, 3.8) is 0 Å². The third-order valence-corrected chi connectivity index (χ3v) is 3.40. The van der Waals surface area contributed by atoms with E-state index >= 15 is 0 Å². The molecule has 2 bridgehead atoms. The van der Waals surface area contributed by atoms with Crippen molar-refractivity contribution in [3.05, 3.63) is 35.9 Å². The second-order valence-corrected chi connectivity index (χ2v) is 4.93. The summed E-state index contributed by atoms with van der Waals surface area (Å²) in [6.45, 7) is 4.64. The number of fused-ring (bicyclic) bond motifs is 2. The first-order valence-electron chi connectivity index (χ1n) is 6.36. The Kier molecular flexibility index (Phi) is 4.33. The standard InChI is InChI=1S/C12H16N2.C2H4O2/c1-2-4-10(5-3-1)8-14-9-11-6-12(14)7-13-11;1-2(3)4/h1-5,11-13H,6-9H2;1H3,(H,3,4). The van der Waals surface area contributed by atoms with Crippen LogP contribution < -0.4 is 5.32 Å². The number of hydrogen-bond acceptors (Lipinski definition) is 3. The molecule has 18 heavy (non-hydrogen) atoms. The van der Waals surface area contributed by atoms with Crippen LogP contribution in [0.15, 0.2) is 30.3 Å². The molecule has 1 aromatic carbocycles. The third-order valence-electron chi connectivity index (χ3n) is 3.40. The first-order chi connectivity index (χ1) is 8.65. The van der Waals surface area contributed by atoms with Gasteiger partial charge in [0, 0.05) is 38.6 Å². The molecule has 0 amide bonds. The fourth-order valence-corrected chi connectivity index (χ4v) is 2.66. The molecule has 1 aromatic rings. The zero-order valence-corrected chi connectivity index (χ0v) is 10.7. The number of aliphatic carboxylic acids is 1. The van der Waals surface area contributed by atoms with Crippen LogP contribution in [-0.2, 0) is 11.3 Å². The molecule has 0 aromatic heterocycles. The largest absolute Gasteiger partial charge is 0.481 e. The van der Waals surface area contributed by atoms with Gasteiger partial charge in [0.2, 0.25) is 0 Å². The summed E-state index contributed by atoms with van der Waals surface area (Å²) in [5.74, 6) is -0.833. The fourth-order valence-electron chi connectivity index (χ4n) is 2.66. The molecule has 2 saturated heterocycles. The van der Waals surface area contributed by atoms with Gasteiger partial charge in [0.05, 0.1) is 0 Å². The number of likely N-dealkylation sites (tertiary alicyclic amines) is 1. The number of nitrogens with one attached hydrogen (secondary N) is 1. The lowest BCUT2D eigenvalue weighted by atomic mass is 10.2. The second-order valence-electron chi connectivity index (χ2n) is 4.93. The Morgan fingerprint density at radius 2 is 2.11 bits per heavy atom. The number of hydrogen-bond donors (Lipinski definition) is 2. The van der Waals surface area contributed by atoms with Gasteiger partial charge in [-0.1, -0.05) is 30.3 Å². The van der Waals surface area contributed by atoms with Crippen LogP contribution in [0.1, 0.15) is 18.9 Å². The topological polar surface area (TPSA) is 52.6 Å². The van der Waals surface area contributed by atoms with E-state index in [1.165, 1.54) is 25.1 Å². The van der Waals surface area contributed by atoms with Crippen molar-refractivity contribution in [2.24, 2.45) is 0 Å². The van der Waals surface area contributed by atoms with Gasteiger partial charge in [0.1, 0.15) is 0 Å². The summed E-state index contributed by atoms with van der Waals surface area (Å²) in [5, 5.41) is 10.9. The maximum Gasteiger partial charge on any atom is 0.300 e. The third kappa shape index (κ3) is 3.55. The minimum atomic E-state index is -0.833. The molecule has 2 fully saturated rings. The Morgan fingerprint density at radius 1 is 1.44 bits per heavy atom. The van der Waals surface area contributed by atoms with Crippen molar-refractivity contribution in [2.75, 3.05) is 13.1 Å². The van der Waals surface area contributed by atoms with Crippen LogP contribution in [-0.4, -0.2) is 41.1 Å². The van der Waals surface area contributed by atoms with Gasteiger partial charge in [0.25, 0.3) is 5.97 Å². The van der Waals surface area contributed by atoms with Crippen LogP contribution in [0.25, 0.3) is 0 Å². The monoisotopic (exact) mass is 248 g/mol. The van der Waals surface area contributed by atoms with Gasteiger partial charge in [-0.15, -0.1) is 0 Å². The number of nitrogens with zero attached hydrogens (tertiary/aromatic N) is 1. The van der Waals surface area contributed by atoms with Crippen molar-refractivity contribution < 1.29 is 9.90 Å². The average molecular weight is 248 g/mol. The van der Waals surface area contributed by atoms with Gasteiger partial charge in [-0.3, -0.25) is 9.69 Å². The highest BCUT2D eigenvalue weighted by Crippen LogP contribution is 2.24. The lowest BCUT2D eigenvalue weighted by Gasteiger charge is -2.27. The maximum absolute atomic E-state index is 9.00. The number of carboxylic acids is 1. The van der Waals surface area contributed by atoms with E-state index in [9.17, 15) is 0 Å². The molecule has 0 radical (unpaired) electrons. The summed E-state index contributed by atoms with van der Waals surface area (Å²) in [7, 11) is 0. The van der Waals surface area contributed by atoms with Crippen LogP contribution >= 0.6 is 0 Å². The molecule has 2 heterocycles. The molecule has 2 aliphatic heterocycles. The summed E-state index contributed by atoms with van der Waals surface area (Å²) >= 11 is 0. The Hall–Kier alpha value is -1.39. The summed E-state index contributed by atoms with van der Waals surface area (Å²) < 4.78 is 0. The minimum Gasteiger partial charge on any atom is -0.481 e. The van der Waals surface area contributed by atoms with E-state index in [0.29, 0.717) is 0 Å². The predicted molar refractivity (Wildman–Crippen MR) is 70.4 cm³/mol. The average Bonchev–Trinajstić information content (AvgIpc) is 2.91. The second kappa shape index (κ2) is 5.98. The van der Waals surface area contributed by atoms with Gasteiger partial charge in [-0.25, -0.2) is 0 Å². The van der Waals surface area contributed by atoms with Gasteiger partial charge in [-0.05, 0) is 12.0 Å². The summed E-state index contributed by atoms with van der Waals surface area (Å²) in [6, 6.07) is 12.3. The van der Waals surface area contributed by atoms with Crippen molar-refractivity contribution >= 4 is 5.97 Å². The van der Waals surface area contributed by atoms with E-state index in [4.69, 9.17) is 9.90 Å². The Bertz CT molecular complexity index is 390. The maximum atomic E-state index is 9.00. The summed E-state index contributed by atoms with van der Waals surface area (Å²) in [4.78, 5) is 11.6. The van der Waals surface area contributed by atoms with Gasteiger partial charge < -0.3 is 10.4 Å². The van der Waals surface area contributed by atoms with Gasteiger partial charge in [0.15, 0.2) is 0 Å². The number of carbonyl (C=O) groups is 1. The normalized spacial score (nSPS) is 25.6.